The number of para-hydroxylation sites is 1. The Morgan fingerprint density at radius 1 is 1.19 bits per heavy atom. The zero-order valence-corrected chi connectivity index (χ0v) is 14.3. The minimum Gasteiger partial charge on any atom is -0.381 e. The van der Waals surface area contributed by atoms with Crippen LogP contribution in [0.1, 0.15) is 32.6 Å². The first-order valence-electron chi connectivity index (χ1n) is 7.45. The molecule has 2 N–H and O–H groups in total. The molecule has 0 saturated heterocycles. The monoisotopic (exact) mass is 328 g/mol. The molecular formula is C15H24N2O2S2. The van der Waals surface area contributed by atoms with E-state index in [9.17, 15) is 8.42 Å². The number of hydrogen-bond acceptors (Lipinski definition) is 4. The summed E-state index contributed by atoms with van der Waals surface area (Å²) in [5.41, 5.74) is 0.714. The van der Waals surface area contributed by atoms with Crippen LogP contribution in [-0.2, 0) is 10.0 Å². The van der Waals surface area contributed by atoms with Gasteiger partial charge in [-0.2, -0.15) is 11.8 Å². The van der Waals surface area contributed by atoms with Gasteiger partial charge in [-0.05, 0) is 44.1 Å². The van der Waals surface area contributed by atoms with Crippen molar-refractivity contribution in [2.24, 2.45) is 0 Å². The van der Waals surface area contributed by atoms with Crippen molar-refractivity contribution in [3.05, 3.63) is 24.3 Å². The molecule has 1 aromatic rings. The van der Waals surface area contributed by atoms with Crippen LogP contribution in [0.5, 0.6) is 0 Å². The van der Waals surface area contributed by atoms with Crippen molar-refractivity contribution < 1.29 is 8.42 Å². The van der Waals surface area contributed by atoms with Gasteiger partial charge in [-0.3, -0.25) is 0 Å². The highest BCUT2D eigenvalue weighted by Gasteiger charge is 2.23. The smallest absolute Gasteiger partial charge is 0.242 e. The van der Waals surface area contributed by atoms with Gasteiger partial charge in [0.05, 0.1) is 5.69 Å². The van der Waals surface area contributed by atoms with Crippen molar-refractivity contribution in [2.75, 3.05) is 18.1 Å². The fourth-order valence-electron chi connectivity index (χ4n) is 2.75. The Morgan fingerprint density at radius 2 is 1.86 bits per heavy atom. The predicted molar refractivity (Wildman–Crippen MR) is 90.5 cm³/mol. The highest BCUT2D eigenvalue weighted by molar-refractivity contribution is 7.99. The second kappa shape index (κ2) is 7.51. The Balaban J connectivity index is 2.11. The highest BCUT2D eigenvalue weighted by atomic mass is 32.2. The summed E-state index contributed by atoms with van der Waals surface area (Å²) in [6.45, 7) is 2.19. The minimum absolute atomic E-state index is 0.346. The maximum Gasteiger partial charge on any atom is 0.242 e. The molecule has 0 bridgehead atoms. The van der Waals surface area contributed by atoms with Crippen LogP contribution >= 0.6 is 11.8 Å². The van der Waals surface area contributed by atoms with Gasteiger partial charge in [0.1, 0.15) is 4.90 Å². The van der Waals surface area contributed by atoms with Crippen LogP contribution in [0, 0.1) is 0 Å². The van der Waals surface area contributed by atoms with E-state index >= 15 is 0 Å². The third-order valence-corrected chi connectivity index (χ3v) is 6.62. The van der Waals surface area contributed by atoms with Crippen molar-refractivity contribution in [3.8, 4) is 0 Å². The lowest BCUT2D eigenvalue weighted by atomic mass is 9.95. The van der Waals surface area contributed by atoms with Crippen LogP contribution < -0.4 is 10.0 Å². The van der Waals surface area contributed by atoms with E-state index in [-0.39, 0.29) is 0 Å². The fourth-order valence-corrected chi connectivity index (χ4v) is 4.70. The second-order valence-electron chi connectivity index (χ2n) is 5.35. The zero-order chi connectivity index (χ0) is 15.3. The van der Waals surface area contributed by atoms with Crippen molar-refractivity contribution >= 4 is 27.5 Å². The van der Waals surface area contributed by atoms with Gasteiger partial charge in [0.2, 0.25) is 10.0 Å². The van der Waals surface area contributed by atoms with Gasteiger partial charge in [-0.1, -0.05) is 19.1 Å². The van der Waals surface area contributed by atoms with Crippen LogP contribution in [0.2, 0.25) is 0 Å². The minimum atomic E-state index is -3.42. The van der Waals surface area contributed by atoms with Gasteiger partial charge in [-0.15, -0.1) is 0 Å². The normalized spacial score (nSPS) is 23.0. The number of nitrogens with one attached hydrogen (secondary N) is 2. The van der Waals surface area contributed by atoms with Gasteiger partial charge < -0.3 is 5.32 Å². The third kappa shape index (κ3) is 4.37. The molecule has 0 unspecified atom stereocenters. The first-order chi connectivity index (χ1) is 10.1. The Kier molecular flexibility index (Phi) is 5.96. The largest absolute Gasteiger partial charge is 0.381 e. The summed E-state index contributed by atoms with van der Waals surface area (Å²) in [5.74, 6) is 0. The van der Waals surface area contributed by atoms with E-state index in [4.69, 9.17) is 0 Å². The summed E-state index contributed by atoms with van der Waals surface area (Å²) < 4.78 is 27.0. The van der Waals surface area contributed by atoms with Gasteiger partial charge in [0.25, 0.3) is 0 Å². The van der Waals surface area contributed by atoms with E-state index in [1.54, 1.807) is 19.1 Å². The molecule has 0 atom stereocenters. The molecule has 6 heteroatoms. The van der Waals surface area contributed by atoms with E-state index in [1.807, 2.05) is 23.9 Å². The lowest BCUT2D eigenvalue weighted by molar-refractivity contribution is 0.472. The number of anilines is 1. The SMILES string of the molecule is CCNS(=O)(=O)c1ccccc1NC1CCC(SC)CC1. The van der Waals surface area contributed by atoms with Crippen molar-refractivity contribution in [1.29, 1.82) is 0 Å². The quantitative estimate of drug-likeness (QED) is 0.842. The van der Waals surface area contributed by atoms with Gasteiger partial charge in [0.15, 0.2) is 0 Å². The average Bonchev–Trinajstić information content (AvgIpc) is 2.48. The average molecular weight is 329 g/mol. The van der Waals surface area contributed by atoms with E-state index in [2.05, 4.69) is 16.3 Å². The first kappa shape index (κ1) is 16.6. The van der Waals surface area contributed by atoms with Crippen LogP contribution in [0.4, 0.5) is 5.69 Å². The molecule has 118 valence electrons. The fraction of sp³-hybridized carbons (Fsp3) is 0.600. The summed E-state index contributed by atoms with van der Waals surface area (Å²) in [5, 5.41) is 4.18. The van der Waals surface area contributed by atoms with E-state index in [0.717, 1.165) is 18.1 Å². The number of benzene rings is 1. The van der Waals surface area contributed by atoms with Crippen LogP contribution in [0.15, 0.2) is 29.2 Å². The van der Waals surface area contributed by atoms with Gasteiger partial charge in [0, 0.05) is 17.8 Å². The molecule has 2 rings (SSSR count). The molecule has 0 aromatic heterocycles. The molecule has 1 saturated carbocycles. The molecule has 0 amide bonds. The first-order valence-corrected chi connectivity index (χ1v) is 10.2. The summed E-state index contributed by atoms with van der Waals surface area (Å²) in [4.78, 5) is 0.346. The number of thioether (sulfide) groups is 1. The topological polar surface area (TPSA) is 58.2 Å². The Labute approximate surface area is 132 Å². The molecule has 1 aromatic carbocycles. The lowest BCUT2D eigenvalue weighted by Crippen LogP contribution is -2.29. The predicted octanol–water partition coefficient (Wildman–Crippen LogP) is 3.07. The number of hydrogen-bond donors (Lipinski definition) is 2. The molecule has 1 aliphatic carbocycles. The van der Waals surface area contributed by atoms with Crippen LogP contribution in [-0.4, -0.2) is 32.5 Å². The molecule has 0 radical (unpaired) electrons. The molecule has 4 nitrogen and oxygen atoms in total. The maximum absolute atomic E-state index is 12.2. The van der Waals surface area contributed by atoms with Crippen LogP contribution in [0.25, 0.3) is 0 Å². The third-order valence-electron chi connectivity index (χ3n) is 3.88. The van der Waals surface area contributed by atoms with E-state index < -0.39 is 10.0 Å². The summed E-state index contributed by atoms with van der Waals surface area (Å²) >= 11 is 1.93. The Hall–Kier alpha value is -0.720. The van der Waals surface area contributed by atoms with Crippen molar-refractivity contribution in [2.45, 2.75) is 48.8 Å². The number of rotatable bonds is 6. The van der Waals surface area contributed by atoms with Gasteiger partial charge in [-0.25, -0.2) is 13.1 Å². The van der Waals surface area contributed by atoms with E-state index in [1.165, 1.54) is 12.8 Å². The maximum atomic E-state index is 12.2. The molecule has 1 fully saturated rings. The standard InChI is InChI=1S/C15H24N2O2S2/c1-3-16-21(18,19)15-7-5-4-6-14(15)17-12-8-10-13(20-2)11-9-12/h4-7,12-13,16-17H,3,8-11H2,1-2H3. The summed E-state index contributed by atoms with van der Waals surface area (Å²) in [7, 11) is -3.42. The van der Waals surface area contributed by atoms with E-state index in [0.29, 0.717) is 23.2 Å². The molecule has 21 heavy (non-hydrogen) atoms. The summed E-state index contributed by atoms with van der Waals surface area (Å²) in [6.07, 6.45) is 6.75. The molecule has 1 aliphatic rings. The zero-order valence-electron chi connectivity index (χ0n) is 12.6. The Bertz CT molecular complexity index is 553. The second-order valence-corrected chi connectivity index (χ2v) is 8.22. The summed E-state index contributed by atoms with van der Waals surface area (Å²) in [6, 6.07) is 7.52. The Morgan fingerprint density at radius 3 is 2.48 bits per heavy atom. The molecule has 0 spiro atoms. The molecule has 0 aliphatic heterocycles. The van der Waals surface area contributed by atoms with Crippen LogP contribution in [0.3, 0.4) is 0 Å². The van der Waals surface area contributed by atoms with Gasteiger partial charge >= 0.3 is 0 Å². The number of sulfonamides is 1. The lowest BCUT2D eigenvalue weighted by Gasteiger charge is -2.29. The highest BCUT2D eigenvalue weighted by Crippen LogP contribution is 2.30. The molecular weight excluding hydrogens is 304 g/mol. The molecule has 0 heterocycles. The van der Waals surface area contributed by atoms with Crippen molar-refractivity contribution in [1.82, 2.24) is 4.72 Å². The van der Waals surface area contributed by atoms with Crippen molar-refractivity contribution in [3.63, 3.8) is 0 Å².